The van der Waals surface area contributed by atoms with Gasteiger partial charge in [-0.15, -0.1) is 0 Å². The third-order valence-corrected chi connectivity index (χ3v) is 12.0. The van der Waals surface area contributed by atoms with E-state index in [1.807, 2.05) is 6.92 Å². The minimum absolute atomic E-state index is 0.112. The van der Waals surface area contributed by atoms with Crippen LogP contribution in [0.5, 0.6) is 5.75 Å². The number of carbonyl (C=O) groups is 1. The standard InChI is InChI=1S/C25H40O4Si/c1-8-27-22(26)14-10-12-18-11-9-13-19-23-20(16-28-30(6,7)25(3,4)5)17(2)15-21(23)29-24(18)19/h9,11,13,17,20-21,23H,8,10,12,14-16H2,1-7H3/t17-,20+,21+,23-/m1/s1. The molecule has 2 aliphatic rings. The Morgan fingerprint density at radius 3 is 2.67 bits per heavy atom. The highest BCUT2D eigenvalue weighted by molar-refractivity contribution is 6.74. The highest BCUT2D eigenvalue weighted by Gasteiger charge is 2.49. The van der Waals surface area contributed by atoms with Gasteiger partial charge in [-0.1, -0.05) is 45.9 Å². The molecule has 0 spiro atoms. The van der Waals surface area contributed by atoms with Crippen molar-refractivity contribution in [2.75, 3.05) is 13.2 Å². The van der Waals surface area contributed by atoms with Crippen molar-refractivity contribution in [1.82, 2.24) is 0 Å². The molecule has 3 rings (SSSR count). The number of hydrogen-bond acceptors (Lipinski definition) is 4. The van der Waals surface area contributed by atoms with E-state index in [2.05, 4.69) is 59.0 Å². The molecular weight excluding hydrogens is 392 g/mol. The Labute approximate surface area is 183 Å². The molecule has 5 heteroatoms. The lowest BCUT2D eigenvalue weighted by molar-refractivity contribution is -0.143. The second-order valence-corrected chi connectivity index (χ2v) is 15.4. The van der Waals surface area contributed by atoms with E-state index in [0.717, 1.165) is 31.6 Å². The molecule has 1 aliphatic carbocycles. The minimum atomic E-state index is -1.77. The number of para-hydroxylation sites is 1. The molecule has 0 N–H and O–H groups in total. The first-order chi connectivity index (χ1) is 14.0. The van der Waals surface area contributed by atoms with Gasteiger partial charge in [0.05, 0.1) is 6.61 Å². The van der Waals surface area contributed by atoms with Gasteiger partial charge in [0.25, 0.3) is 0 Å². The quantitative estimate of drug-likeness (QED) is 0.368. The number of rotatable bonds is 8. The third kappa shape index (κ3) is 4.77. The largest absolute Gasteiger partial charge is 0.489 e. The average molecular weight is 433 g/mol. The lowest BCUT2D eigenvalue weighted by Gasteiger charge is -2.38. The van der Waals surface area contributed by atoms with E-state index in [1.165, 1.54) is 11.1 Å². The van der Waals surface area contributed by atoms with Gasteiger partial charge in [0.1, 0.15) is 11.9 Å². The summed E-state index contributed by atoms with van der Waals surface area (Å²) in [5.41, 5.74) is 2.57. The molecule has 30 heavy (non-hydrogen) atoms. The molecule has 1 aromatic carbocycles. The van der Waals surface area contributed by atoms with Gasteiger partial charge in [0.15, 0.2) is 8.32 Å². The third-order valence-electron chi connectivity index (χ3n) is 7.53. The normalized spacial score (nSPS) is 25.6. The Morgan fingerprint density at radius 2 is 2.00 bits per heavy atom. The number of fused-ring (bicyclic) bond motifs is 3. The maximum absolute atomic E-state index is 11.7. The van der Waals surface area contributed by atoms with Gasteiger partial charge in [0, 0.05) is 24.5 Å². The molecule has 4 atom stereocenters. The molecular formula is C25H40O4Si. The second kappa shape index (κ2) is 9.03. The van der Waals surface area contributed by atoms with E-state index in [-0.39, 0.29) is 17.1 Å². The predicted octanol–water partition coefficient (Wildman–Crippen LogP) is 6.09. The topological polar surface area (TPSA) is 44.8 Å². The van der Waals surface area contributed by atoms with Crippen molar-refractivity contribution in [1.29, 1.82) is 0 Å². The summed E-state index contributed by atoms with van der Waals surface area (Å²) in [6.07, 6.45) is 3.45. The Morgan fingerprint density at radius 1 is 1.27 bits per heavy atom. The summed E-state index contributed by atoms with van der Waals surface area (Å²) in [6.45, 7) is 17.1. The molecule has 1 fully saturated rings. The molecule has 1 aliphatic heterocycles. The summed E-state index contributed by atoms with van der Waals surface area (Å²) < 4.78 is 18.2. The SMILES string of the molecule is CCOC(=O)CCCc1cccc2c1O[C@H]1C[C@@H](C)[C@H](CO[Si](C)(C)C(C)(C)C)[C@@H]21. The molecule has 168 valence electrons. The van der Waals surface area contributed by atoms with Gasteiger partial charge in [-0.25, -0.2) is 0 Å². The van der Waals surface area contributed by atoms with Crippen molar-refractivity contribution in [3.8, 4) is 5.75 Å². The molecule has 0 saturated heterocycles. The monoisotopic (exact) mass is 432 g/mol. The number of esters is 1. The van der Waals surface area contributed by atoms with Gasteiger partial charge in [0.2, 0.25) is 0 Å². The smallest absolute Gasteiger partial charge is 0.305 e. The lowest BCUT2D eigenvalue weighted by atomic mass is 9.85. The highest BCUT2D eigenvalue weighted by atomic mass is 28.4. The number of ether oxygens (including phenoxy) is 2. The lowest BCUT2D eigenvalue weighted by Crippen LogP contribution is -2.42. The van der Waals surface area contributed by atoms with Crippen LogP contribution in [-0.2, 0) is 20.4 Å². The van der Waals surface area contributed by atoms with Crippen LogP contribution in [0.2, 0.25) is 18.1 Å². The predicted molar refractivity (Wildman–Crippen MR) is 124 cm³/mol. The molecule has 1 aromatic rings. The van der Waals surface area contributed by atoms with E-state index < -0.39 is 8.32 Å². The summed E-state index contributed by atoms with van der Waals surface area (Å²) in [7, 11) is -1.77. The summed E-state index contributed by atoms with van der Waals surface area (Å²) >= 11 is 0. The fourth-order valence-corrected chi connectivity index (χ4v) is 5.72. The van der Waals surface area contributed by atoms with Crippen molar-refractivity contribution < 1.29 is 18.7 Å². The van der Waals surface area contributed by atoms with Crippen LogP contribution in [0, 0.1) is 11.8 Å². The zero-order valence-electron chi connectivity index (χ0n) is 19.9. The number of carbonyl (C=O) groups excluding carboxylic acids is 1. The Hall–Kier alpha value is -1.33. The van der Waals surface area contributed by atoms with E-state index >= 15 is 0 Å². The average Bonchev–Trinajstić information content (AvgIpc) is 3.14. The molecule has 4 nitrogen and oxygen atoms in total. The minimum Gasteiger partial charge on any atom is -0.489 e. The first-order valence-electron chi connectivity index (χ1n) is 11.6. The van der Waals surface area contributed by atoms with Gasteiger partial charge < -0.3 is 13.9 Å². The maximum Gasteiger partial charge on any atom is 0.305 e. The van der Waals surface area contributed by atoms with Crippen LogP contribution in [0.4, 0.5) is 0 Å². The molecule has 0 aromatic heterocycles. The molecule has 0 amide bonds. The highest BCUT2D eigenvalue weighted by Crippen LogP contribution is 2.54. The van der Waals surface area contributed by atoms with E-state index in [9.17, 15) is 4.79 Å². The van der Waals surface area contributed by atoms with Crippen LogP contribution < -0.4 is 4.74 Å². The summed E-state index contributed by atoms with van der Waals surface area (Å²) in [5.74, 6) is 2.48. The van der Waals surface area contributed by atoms with Crippen molar-refractivity contribution >= 4 is 14.3 Å². The van der Waals surface area contributed by atoms with Crippen molar-refractivity contribution in [2.45, 2.75) is 90.5 Å². The summed E-state index contributed by atoms with van der Waals surface area (Å²) in [4.78, 5) is 11.7. The van der Waals surface area contributed by atoms with Crippen LogP contribution in [0.3, 0.4) is 0 Å². The van der Waals surface area contributed by atoms with Crippen LogP contribution in [-0.4, -0.2) is 33.6 Å². The zero-order chi connectivity index (χ0) is 22.1. The van der Waals surface area contributed by atoms with E-state index in [4.69, 9.17) is 13.9 Å². The van der Waals surface area contributed by atoms with Crippen LogP contribution in [0.1, 0.15) is 70.9 Å². The van der Waals surface area contributed by atoms with Gasteiger partial charge in [-0.05, 0) is 61.7 Å². The van der Waals surface area contributed by atoms with E-state index in [0.29, 0.717) is 30.8 Å². The molecule has 0 unspecified atom stereocenters. The zero-order valence-corrected chi connectivity index (χ0v) is 20.9. The van der Waals surface area contributed by atoms with Crippen LogP contribution in [0.15, 0.2) is 18.2 Å². The molecule has 0 radical (unpaired) electrons. The number of hydrogen-bond donors (Lipinski definition) is 0. The first-order valence-corrected chi connectivity index (χ1v) is 14.5. The Bertz CT molecular complexity index is 752. The molecule has 0 bridgehead atoms. The van der Waals surface area contributed by atoms with Crippen LogP contribution in [0.25, 0.3) is 0 Å². The summed E-state index contributed by atoms with van der Waals surface area (Å²) in [5, 5.41) is 0.227. The van der Waals surface area contributed by atoms with Crippen molar-refractivity contribution in [3.05, 3.63) is 29.3 Å². The van der Waals surface area contributed by atoms with Crippen molar-refractivity contribution in [3.63, 3.8) is 0 Å². The van der Waals surface area contributed by atoms with Gasteiger partial charge in [-0.3, -0.25) is 4.79 Å². The van der Waals surface area contributed by atoms with E-state index in [1.54, 1.807) is 0 Å². The van der Waals surface area contributed by atoms with Crippen LogP contribution >= 0.6 is 0 Å². The number of aryl methyl sites for hydroxylation is 1. The number of benzene rings is 1. The first kappa shape index (κ1) is 23.3. The molecule has 1 saturated carbocycles. The molecule has 1 heterocycles. The Balaban J connectivity index is 1.71. The van der Waals surface area contributed by atoms with Gasteiger partial charge >= 0.3 is 5.97 Å². The second-order valence-electron chi connectivity index (χ2n) is 10.6. The van der Waals surface area contributed by atoms with Crippen molar-refractivity contribution in [2.24, 2.45) is 11.8 Å². The maximum atomic E-state index is 11.7. The Kier molecular flexibility index (Phi) is 7.03. The fraction of sp³-hybridized carbons (Fsp3) is 0.720. The van der Waals surface area contributed by atoms with Gasteiger partial charge in [-0.2, -0.15) is 0 Å². The fourth-order valence-electron chi connectivity index (χ4n) is 4.67. The summed E-state index contributed by atoms with van der Waals surface area (Å²) in [6, 6.07) is 6.54.